The maximum absolute atomic E-state index is 6.09. The van der Waals surface area contributed by atoms with E-state index in [1.54, 1.807) is 6.26 Å². The standard InChI is InChI=1S/C15H26N2O/c1-14(2)5-7-15(12-16,8-6-14)17(3)10-13-4-9-18-11-13/h4,9,11H,5-8,10,12,16H2,1-3H3. The van der Waals surface area contributed by atoms with Gasteiger partial charge in [0.2, 0.25) is 0 Å². The lowest BCUT2D eigenvalue weighted by Gasteiger charge is -2.48. The Morgan fingerprint density at radius 2 is 1.94 bits per heavy atom. The molecule has 3 nitrogen and oxygen atoms in total. The van der Waals surface area contributed by atoms with Gasteiger partial charge in [0.05, 0.1) is 12.5 Å². The second kappa shape index (κ2) is 5.06. The smallest absolute Gasteiger partial charge is 0.0947 e. The number of nitrogens with zero attached hydrogens (tertiary/aromatic N) is 1. The minimum atomic E-state index is 0.173. The van der Waals surface area contributed by atoms with E-state index in [2.05, 4.69) is 25.8 Å². The Labute approximate surface area is 110 Å². The van der Waals surface area contributed by atoms with Gasteiger partial charge in [0, 0.05) is 24.2 Å². The average Bonchev–Trinajstić information content (AvgIpc) is 2.82. The zero-order valence-corrected chi connectivity index (χ0v) is 11.9. The highest BCUT2D eigenvalue weighted by molar-refractivity contribution is 5.07. The lowest BCUT2D eigenvalue weighted by atomic mass is 9.69. The van der Waals surface area contributed by atoms with E-state index < -0.39 is 0 Å². The van der Waals surface area contributed by atoms with Crippen molar-refractivity contribution >= 4 is 0 Å². The van der Waals surface area contributed by atoms with Gasteiger partial charge in [-0.2, -0.15) is 0 Å². The molecule has 1 aliphatic rings. The number of nitrogens with two attached hydrogens (primary N) is 1. The molecule has 2 N–H and O–H groups in total. The molecular weight excluding hydrogens is 224 g/mol. The first-order valence-electron chi connectivity index (χ1n) is 6.90. The van der Waals surface area contributed by atoms with E-state index in [1.807, 2.05) is 12.3 Å². The van der Waals surface area contributed by atoms with Crippen molar-refractivity contribution in [2.45, 2.75) is 51.6 Å². The SMILES string of the molecule is CN(Cc1ccoc1)C1(CN)CCC(C)(C)CC1. The monoisotopic (exact) mass is 250 g/mol. The minimum Gasteiger partial charge on any atom is -0.472 e. The molecule has 2 rings (SSSR count). The van der Waals surface area contributed by atoms with Gasteiger partial charge in [-0.1, -0.05) is 13.8 Å². The normalized spacial score (nSPS) is 22.3. The number of furan rings is 1. The van der Waals surface area contributed by atoms with Gasteiger partial charge in [0.1, 0.15) is 0 Å². The van der Waals surface area contributed by atoms with Crippen LogP contribution < -0.4 is 5.73 Å². The van der Waals surface area contributed by atoms with Crippen molar-refractivity contribution in [1.29, 1.82) is 0 Å². The van der Waals surface area contributed by atoms with E-state index in [4.69, 9.17) is 10.2 Å². The third-order valence-electron chi connectivity index (χ3n) is 4.72. The van der Waals surface area contributed by atoms with E-state index in [9.17, 15) is 0 Å². The second-order valence-corrected chi connectivity index (χ2v) is 6.58. The fourth-order valence-electron chi connectivity index (χ4n) is 2.96. The van der Waals surface area contributed by atoms with Crippen molar-refractivity contribution in [1.82, 2.24) is 4.90 Å². The lowest BCUT2D eigenvalue weighted by Crippen LogP contribution is -2.54. The van der Waals surface area contributed by atoms with Crippen LogP contribution in [0.2, 0.25) is 0 Å². The summed E-state index contributed by atoms with van der Waals surface area (Å²) in [6.45, 7) is 6.40. The highest BCUT2D eigenvalue weighted by Gasteiger charge is 2.40. The van der Waals surface area contributed by atoms with Crippen molar-refractivity contribution < 1.29 is 4.42 Å². The predicted molar refractivity (Wildman–Crippen MR) is 74.2 cm³/mol. The molecule has 18 heavy (non-hydrogen) atoms. The van der Waals surface area contributed by atoms with E-state index in [0.717, 1.165) is 13.1 Å². The molecule has 1 aliphatic carbocycles. The maximum atomic E-state index is 6.09. The molecule has 0 aromatic carbocycles. The van der Waals surface area contributed by atoms with Crippen LogP contribution in [-0.4, -0.2) is 24.0 Å². The Bertz CT molecular complexity index is 360. The molecule has 102 valence electrons. The van der Waals surface area contributed by atoms with E-state index in [0.29, 0.717) is 5.41 Å². The van der Waals surface area contributed by atoms with Gasteiger partial charge < -0.3 is 10.2 Å². The van der Waals surface area contributed by atoms with Gasteiger partial charge in [-0.05, 0) is 44.2 Å². The summed E-state index contributed by atoms with van der Waals surface area (Å²) < 4.78 is 5.14. The summed E-state index contributed by atoms with van der Waals surface area (Å²) in [6.07, 6.45) is 8.49. The van der Waals surface area contributed by atoms with Gasteiger partial charge in [-0.3, -0.25) is 4.90 Å². The largest absolute Gasteiger partial charge is 0.472 e. The van der Waals surface area contributed by atoms with Crippen molar-refractivity contribution in [3.05, 3.63) is 24.2 Å². The summed E-state index contributed by atoms with van der Waals surface area (Å²) in [4.78, 5) is 2.42. The first-order valence-corrected chi connectivity index (χ1v) is 6.90. The highest BCUT2D eigenvalue weighted by atomic mass is 16.3. The molecule has 3 heteroatoms. The quantitative estimate of drug-likeness (QED) is 0.893. The maximum Gasteiger partial charge on any atom is 0.0947 e. The van der Waals surface area contributed by atoms with Gasteiger partial charge in [-0.25, -0.2) is 0 Å². The fourth-order valence-corrected chi connectivity index (χ4v) is 2.96. The van der Waals surface area contributed by atoms with E-state index >= 15 is 0 Å². The van der Waals surface area contributed by atoms with Crippen LogP contribution in [0.5, 0.6) is 0 Å². The van der Waals surface area contributed by atoms with Gasteiger partial charge in [-0.15, -0.1) is 0 Å². The summed E-state index contributed by atoms with van der Waals surface area (Å²) in [7, 11) is 2.19. The van der Waals surface area contributed by atoms with Gasteiger partial charge in [0.15, 0.2) is 0 Å². The molecule has 1 heterocycles. The molecule has 1 saturated carbocycles. The molecule has 0 atom stereocenters. The molecule has 0 saturated heterocycles. The Morgan fingerprint density at radius 1 is 1.28 bits per heavy atom. The molecule has 0 radical (unpaired) electrons. The molecule has 1 aromatic heterocycles. The summed E-state index contributed by atoms with van der Waals surface area (Å²) >= 11 is 0. The average molecular weight is 250 g/mol. The number of rotatable bonds is 4. The fraction of sp³-hybridized carbons (Fsp3) is 0.733. The van der Waals surface area contributed by atoms with Crippen LogP contribution in [-0.2, 0) is 6.54 Å². The van der Waals surface area contributed by atoms with Crippen LogP contribution in [0.15, 0.2) is 23.0 Å². The lowest BCUT2D eigenvalue weighted by molar-refractivity contribution is 0.0363. The summed E-state index contributed by atoms with van der Waals surface area (Å²) in [5.41, 5.74) is 7.98. The molecule has 1 aromatic rings. The molecule has 0 unspecified atom stereocenters. The van der Waals surface area contributed by atoms with Crippen LogP contribution >= 0.6 is 0 Å². The molecule has 0 amide bonds. The third kappa shape index (κ3) is 2.78. The Kier molecular flexibility index (Phi) is 3.83. The van der Waals surface area contributed by atoms with Crippen molar-refractivity contribution in [2.75, 3.05) is 13.6 Å². The first kappa shape index (κ1) is 13.6. The third-order valence-corrected chi connectivity index (χ3v) is 4.72. The minimum absolute atomic E-state index is 0.173. The molecule has 1 fully saturated rings. The second-order valence-electron chi connectivity index (χ2n) is 6.58. The van der Waals surface area contributed by atoms with Crippen LogP contribution in [0.25, 0.3) is 0 Å². The van der Waals surface area contributed by atoms with E-state index in [-0.39, 0.29) is 5.54 Å². The van der Waals surface area contributed by atoms with Gasteiger partial charge in [0.25, 0.3) is 0 Å². The van der Waals surface area contributed by atoms with Crippen molar-refractivity contribution in [3.8, 4) is 0 Å². The zero-order chi connectivity index (χ0) is 13.2. The summed E-state index contributed by atoms with van der Waals surface area (Å²) in [5, 5.41) is 0. The molecule has 0 aliphatic heterocycles. The van der Waals surface area contributed by atoms with E-state index in [1.165, 1.54) is 31.2 Å². The highest BCUT2D eigenvalue weighted by Crippen LogP contribution is 2.42. The van der Waals surface area contributed by atoms with Crippen LogP contribution in [0.3, 0.4) is 0 Å². The Hall–Kier alpha value is -0.800. The van der Waals surface area contributed by atoms with Gasteiger partial charge >= 0.3 is 0 Å². The topological polar surface area (TPSA) is 42.4 Å². The van der Waals surface area contributed by atoms with Crippen molar-refractivity contribution in [2.24, 2.45) is 11.1 Å². The Morgan fingerprint density at radius 3 is 2.44 bits per heavy atom. The molecular formula is C15H26N2O. The molecule has 0 bridgehead atoms. The number of likely N-dealkylation sites (N-methyl/N-ethyl adjacent to an activating group) is 1. The van der Waals surface area contributed by atoms with Crippen LogP contribution in [0, 0.1) is 5.41 Å². The molecule has 0 spiro atoms. The predicted octanol–water partition coefficient (Wildman–Crippen LogP) is 3.01. The first-order chi connectivity index (χ1) is 8.47. The summed E-state index contributed by atoms with van der Waals surface area (Å²) in [6, 6.07) is 2.04. The Balaban J connectivity index is 2.03. The number of hydrogen-bond donors (Lipinski definition) is 1. The summed E-state index contributed by atoms with van der Waals surface area (Å²) in [5.74, 6) is 0. The number of hydrogen-bond acceptors (Lipinski definition) is 3. The van der Waals surface area contributed by atoms with Crippen LogP contribution in [0.4, 0.5) is 0 Å². The van der Waals surface area contributed by atoms with Crippen molar-refractivity contribution in [3.63, 3.8) is 0 Å². The van der Waals surface area contributed by atoms with Crippen LogP contribution in [0.1, 0.15) is 45.1 Å². The zero-order valence-electron chi connectivity index (χ0n) is 11.9.